The fraction of sp³-hybridized carbons (Fsp3) is 0.462. The van der Waals surface area contributed by atoms with Gasteiger partial charge in [-0.15, -0.1) is 0 Å². The number of rotatable bonds is 4. The highest BCUT2D eigenvalue weighted by Gasteiger charge is 2.37. The van der Waals surface area contributed by atoms with Crippen LogP contribution in [0.25, 0.3) is 0 Å². The van der Waals surface area contributed by atoms with Crippen molar-refractivity contribution in [2.45, 2.75) is 32.2 Å². The van der Waals surface area contributed by atoms with Gasteiger partial charge in [0, 0.05) is 6.04 Å². The molecule has 1 aliphatic carbocycles. The Balaban J connectivity index is 1.74. The van der Waals surface area contributed by atoms with E-state index in [1.807, 2.05) is 18.2 Å². The maximum Gasteiger partial charge on any atom is 0.412 e. The number of amides is 1. The Morgan fingerprint density at radius 1 is 1.44 bits per heavy atom. The zero-order chi connectivity index (χ0) is 11.4. The maximum absolute atomic E-state index is 11.5. The summed E-state index contributed by atoms with van der Waals surface area (Å²) in [4.78, 5) is 11.5. The summed E-state index contributed by atoms with van der Waals surface area (Å²) >= 11 is 0. The monoisotopic (exact) mass is 219 g/mol. The molecular formula is C13H17NO2. The Morgan fingerprint density at radius 3 is 2.88 bits per heavy atom. The zero-order valence-electron chi connectivity index (χ0n) is 9.48. The summed E-state index contributed by atoms with van der Waals surface area (Å²) in [5, 5.41) is 2.88. The summed E-state index contributed by atoms with van der Waals surface area (Å²) in [7, 11) is 0. The number of para-hydroxylation sites is 1. The van der Waals surface area contributed by atoms with E-state index in [9.17, 15) is 4.79 Å². The van der Waals surface area contributed by atoms with Crippen molar-refractivity contribution in [2.24, 2.45) is 5.92 Å². The van der Waals surface area contributed by atoms with Crippen molar-refractivity contribution in [3.8, 4) is 5.75 Å². The Bertz CT molecular complexity index is 350. The van der Waals surface area contributed by atoms with Crippen LogP contribution in [0.3, 0.4) is 0 Å². The quantitative estimate of drug-likeness (QED) is 0.845. The van der Waals surface area contributed by atoms with Gasteiger partial charge in [0.25, 0.3) is 0 Å². The van der Waals surface area contributed by atoms with Crippen LogP contribution in [-0.2, 0) is 0 Å². The summed E-state index contributed by atoms with van der Waals surface area (Å²) in [5.41, 5.74) is 0. The summed E-state index contributed by atoms with van der Waals surface area (Å²) in [5.74, 6) is 1.25. The Kier molecular flexibility index (Phi) is 3.44. The number of carbonyl (C=O) groups excluding carboxylic acids is 1. The van der Waals surface area contributed by atoms with Crippen molar-refractivity contribution in [3.05, 3.63) is 30.3 Å². The summed E-state index contributed by atoms with van der Waals surface area (Å²) in [6.45, 7) is 2.16. The zero-order valence-corrected chi connectivity index (χ0v) is 9.48. The van der Waals surface area contributed by atoms with E-state index in [-0.39, 0.29) is 6.09 Å². The van der Waals surface area contributed by atoms with Gasteiger partial charge in [0.1, 0.15) is 5.75 Å². The summed E-state index contributed by atoms with van der Waals surface area (Å²) < 4.78 is 5.14. The molecule has 0 saturated heterocycles. The molecule has 0 spiro atoms. The number of hydrogen-bond donors (Lipinski definition) is 1. The number of benzene rings is 1. The van der Waals surface area contributed by atoms with E-state index in [0.29, 0.717) is 17.7 Å². The number of ether oxygens (including phenoxy) is 1. The largest absolute Gasteiger partial charge is 0.412 e. The first kappa shape index (κ1) is 11.0. The SMILES string of the molecule is CCCC1CC1NC(=O)Oc1ccccc1. The molecular weight excluding hydrogens is 202 g/mol. The van der Waals surface area contributed by atoms with Crippen LogP contribution in [0, 0.1) is 5.92 Å². The van der Waals surface area contributed by atoms with E-state index in [0.717, 1.165) is 6.42 Å². The first-order valence-electron chi connectivity index (χ1n) is 5.83. The van der Waals surface area contributed by atoms with Crippen LogP contribution < -0.4 is 10.1 Å². The molecule has 1 aromatic carbocycles. The molecule has 2 unspecified atom stereocenters. The minimum absolute atomic E-state index is 0.330. The molecule has 0 aliphatic heterocycles. The normalized spacial score (nSPS) is 22.6. The maximum atomic E-state index is 11.5. The molecule has 0 aromatic heterocycles. The number of carbonyl (C=O) groups is 1. The van der Waals surface area contributed by atoms with Gasteiger partial charge in [-0.3, -0.25) is 0 Å². The molecule has 1 N–H and O–H groups in total. The molecule has 2 atom stereocenters. The van der Waals surface area contributed by atoms with Crippen LogP contribution in [0.2, 0.25) is 0 Å². The lowest BCUT2D eigenvalue weighted by atomic mass is 10.2. The van der Waals surface area contributed by atoms with Gasteiger partial charge in [0.05, 0.1) is 0 Å². The molecule has 1 aromatic rings. The average molecular weight is 219 g/mol. The molecule has 2 rings (SSSR count). The highest BCUT2D eigenvalue weighted by Crippen LogP contribution is 2.34. The van der Waals surface area contributed by atoms with E-state index in [1.165, 1.54) is 12.8 Å². The van der Waals surface area contributed by atoms with Crippen molar-refractivity contribution < 1.29 is 9.53 Å². The molecule has 0 heterocycles. The highest BCUT2D eigenvalue weighted by atomic mass is 16.6. The number of nitrogens with one attached hydrogen (secondary N) is 1. The molecule has 16 heavy (non-hydrogen) atoms. The van der Waals surface area contributed by atoms with Gasteiger partial charge < -0.3 is 10.1 Å². The molecule has 1 saturated carbocycles. The first-order chi connectivity index (χ1) is 7.79. The topological polar surface area (TPSA) is 38.3 Å². The fourth-order valence-electron chi connectivity index (χ4n) is 1.89. The van der Waals surface area contributed by atoms with Crippen molar-refractivity contribution in [3.63, 3.8) is 0 Å². The second kappa shape index (κ2) is 5.01. The predicted octanol–water partition coefficient (Wildman–Crippen LogP) is 2.96. The van der Waals surface area contributed by atoms with Gasteiger partial charge >= 0.3 is 6.09 Å². The standard InChI is InChI=1S/C13H17NO2/c1-2-6-10-9-12(10)14-13(15)16-11-7-4-3-5-8-11/h3-5,7-8,10,12H,2,6,9H2,1H3,(H,14,15). The van der Waals surface area contributed by atoms with Crippen LogP contribution in [0.1, 0.15) is 26.2 Å². The molecule has 1 fully saturated rings. The molecule has 3 nitrogen and oxygen atoms in total. The van der Waals surface area contributed by atoms with Crippen molar-refractivity contribution >= 4 is 6.09 Å². The lowest BCUT2D eigenvalue weighted by molar-refractivity contribution is 0.199. The van der Waals surface area contributed by atoms with Gasteiger partial charge in [-0.2, -0.15) is 0 Å². The minimum atomic E-state index is -0.338. The summed E-state index contributed by atoms with van der Waals surface area (Å²) in [6, 6.07) is 9.46. The van der Waals surface area contributed by atoms with Crippen molar-refractivity contribution in [1.82, 2.24) is 5.32 Å². The highest BCUT2D eigenvalue weighted by molar-refractivity contribution is 5.71. The van der Waals surface area contributed by atoms with Crippen molar-refractivity contribution in [1.29, 1.82) is 0 Å². The Hall–Kier alpha value is -1.51. The average Bonchev–Trinajstić information content (AvgIpc) is 2.98. The first-order valence-corrected chi connectivity index (χ1v) is 5.83. The van der Waals surface area contributed by atoms with Crippen LogP contribution in [0.4, 0.5) is 4.79 Å². The molecule has 3 heteroatoms. The van der Waals surface area contributed by atoms with E-state index in [1.54, 1.807) is 12.1 Å². The second-order valence-corrected chi connectivity index (χ2v) is 4.24. The fourth-order valence-corrected chi connectivity index (χ4v) is 1.89. The molecule has 0 bridgehead atoms. The second-order valence-electron chi connectivity index (χ2n) is 4.24. The van der Waals surface area contributed by atoms with E-state index in [2.05, 4.69) is 12.2 Å². The van der Waals surface area contributed by atoms with Crippen LogP contribution in [0.15, 0.2) is 30.3 Å². The third kappa shape index (κ3) is 2.99. The minimum Gasteiger partial charge on any atom is -0.410 e. The lowest BCUT2D eigenvalue weighted by Crippen LogP contribution is -2.29. The van der Waals surface area contributed by atoms with Crippen LogP contribution >= 0.6 is 0 Å². The van der Waals surface area contributed by atoms with Gasteiger partial charge in [-0.25, -0.2) is 4.79 Å². The Labute approximate surface area is 95.8 Å². The van der Waals surface area contributed by atoms with Gasteiger partial charge in [0.15, 0.2) is 0 Å². The molecule has 0 radical (unpaired) electrons. The van der Waals surface area contributed by atoms with Crippen LogP contribution in [-0.4, -0.2) is 12.1 Å². The van der Waals surface area contributed by atoms with E-state index < -0.39 is 0 Å². The van der Waals surface area contributed by atoms with E-state index in [4.69, 9.17) is 4.74 Å². The van der Waals surface area contributed by atoms with E-state index >= 15 is 0 Å². The van der Waals surface area contributed by atoms with Crippen LogP contribution in [0.5, 0.6) is 5.75 Å². The predicted molar refractivity (Wildman–Crippen MR) is 62.4 cm³/mol. The lowest BCUT2D eigenvalue weighted by Gasteiger charge is -2.05. The van der Waals surface area contributed by atoms with Gasteiger partial charge in [-0.05, 0) is 30.9 Å². The third-order valence-corrected chi connectivity index (χ3v) is 2.84. The Morgan fingerprint density at radius 2 is 2.19 bits per heavy atom. The molecule has 1 amide bonds. The van der Waals surface area contributed by atoms with Crippen molar-refractivity contribution in [2.75, 3.05) is 0 Å². The molecule has 1 aliphatic rings. The van der Waals surface area contributed by atoms with Gasteiger partial charge in [-0.1, -0.05) is 31.5 Å². The number of hydrogen-bond acceptors (Lipinski definition) is 2. The third-order valence-electron chi connectivity index (χ3n) is 2.84. The summed E-state index contributed by atoms with van der Waals surface area (Å²) in [6.07, 6.45) is 3.12. The molecule has 86 valence electrons. The van der Waals surface area contributed by atoms with Gasteiger partial charge in [0.2, 0.25) is 0 Å². The smallest absolute Gasteiger partial charge is 0.410 e.